The summed E-state index contributed by atoms with van der Waals surface area (Å²) in [5.74, 6) is -0.294. The van der Waals surface area contributed by atoms with Gasteiger partial charge in [0.1, 0.15) is 11.0 Å². The van der Waals surface area contributed by atoms with E-state index in [1.807, 2.05) is 4.90 Å². The Labute approximate surface area is 182 Å². The highest BCUT2D eigenvalue weighted by atomic mass is 32.2. The Kier molecular flexibility index (Phi) is 6.50. The lowest BCUT2D eigenvalue weighted by atomic mass is 10.0. The fourth-order valence-electron chi connectivity index (χ4n) is 4.91. The second-order valence-electron chi connectivity index (χ2n) is 8.64. The first kappa shape index (κ1) is 21.8. The fraction of sp³-hybridized carbons (Fsp3) is 0.714. The third kappa shape index (κ3) is 4.43. The van der Waals surface area contributed by atoms with Gasteiger partial charge in [-0.3, -0.25) is 9.59 Å². The lowest BCUT2D eigenvalue weighted by Crippen LogP contribution is -2.42. The van der Waals surface area contributed by atoms with Crippen LogP contribution in [-0.4, -0.2) is 61.4 Å². The van der Waals surface area contributed by atoms with Crippen LogP contribution in [0.5, 0.6) is 0 Å². The number of carbonyl (C=O) groups excluding carboxylic acids is 2. The molecular formula is C21H31N3O4S2. The quantitative estimate of drug-likeness (QED) is 0.710. The van der Waals surface area contributed by atoms with Crippen molar-refractivity contribution in [2.45, 2.75) is 70.3 Å². The lowest BCUT2D eigenvalue weighted by molar-refractivity contribution is -0.119. The van der Waals surface area contributed by atoms with E-state index in [9.17, 15) is 18.0 Å². The Morgan fingerprint density at radius 3 is 2.40 bits per heavy atom. The normalized spacial score (nSPS) is 23.1. The number of carbonyl (C=O) groups is 2. The number of aryl methyl sites for hydroxylation is 1. The first-order valence-corrected chi connectivity index (χ1v) is 13.7. The molecule has 2 aliphatic heterocycles. The summed E-state index contributed by atoms with van der Waals surface area (Å²) in [6.45, 7) is 1.90. The molecule has 166 valence electrons. The predicted octanol–water partition coefficient (Wildman–Crippen LogP) is 3.01. The summed E-state index contributed by atoms with van der Waals surface area (Å²) in [4.78, 5) is 29.7. The van der Waals surface area contributed by atoms with Crippen molar-refractivity contribution in [3.8, 4) is 0 Å². The average molecular weight is 454 g/mol. The summed E-state index contributed by atoms with van der Waals surface area (Å²) >= 11 is 1.52. The van der Waals surface area contributed by atoms with Crippen molar-refractivity contribution in [1.29, 1.82) is 0 Å². The van der Waals surface area contributed by atoms with Gasteiger partial charge in [-0.2, -0.15) is 4.31 Å². The van der Waals surface area contributed by atoms with E-state index in [4.69, 9.17) is 0 Å². The van der Waals surface area contributed by atoms with Crippen molar-refractivity contribution >= 4 is 38.2 Å². The smallest absolute Gasteiger partial charge is 0.257 e. The van der Waals surface area contributed by atoms with Crippen molar-refractivity contribution in [1.82, 2.24) is 9.21 Å². The predicted molar refractivity (Wildman–Crippen MR) is 119 cm³/mol. The number of sulfonamides is 1. The van der Waals surface area contributed by atoms with Crippen molar-refractivity contribution in [3.63, 3.8) is 0 Å². The summed E-state index contributed by atoms with van der Waals surface area (Å²) in [7, 11) is -3.44. The Morgan fingerprint density at radius 1 is 0.967 bits per heavy atom. The molecule has 3 heterocycles. The molecule has 0 radical (unpaired) electrons. The van der Waals surface area contributed by atoms with E-state index in [2.05, 4.69) is 5.32 Å². The molecule has 1 aromatic heterocycles. The number of likely N-dealkylation sites (tertiary alicyclic amines) is 1. The molecule has 0 unspecified atom stereocenters. The van der Waals surface area contributed by atoms with Gasteiger partial charge in [0.2, 0.25) is 15.9 Å². The molecule has 0 saturated carbocycles. The maximum atomic E-state index is 13.5. The van der Waals surface area contributed by atoms with Gasteiger partial charge in [-0.15, -0.1) is 11.3 Å². The molecule has 2 fully saturated rings. The Morgan fingerprint density at radius 2 is 1.67 bits per heavy atom. The van der Waals surface area contributed by atoms with Crippen LogP contribution in [0.1, 0.15) is 72.2 Å². The number of rotatable bonds is 4. The molecule has 2 amide bonds. The number of hydrogen-bond acceptors (Lipinski definition) is 5. The summed E-state index contributed by atoms with van der Waals surface area (Å²) < 4.78 is 25.4. The van der Waals surface area contributed by atoms with Gasteiger partial charge in [-0.25, -0.2) is 8.42 Å². The van der Waals surface area contributed by atoms with E-state index in [-0.39, 0.29) is 11.8 Å². The first-order chi connectivity index (χ1) is 14.4. The van der Waals surface area contributed by atoms with E-state index in [0.717, 1.165) is 76.3 Å². The summed E-state index contributed by atoms with van der Waals surface area (Å²) in [5.41, 5.74) is 1.77. The minimum atomic E-state index is -3.44. The van der Waals surface area contributed by atoms with Crippen LogP contribution < -0.4 is 5.32 Å². The average Bonchev–Trinajstić information content (AvgIpc) is 3.28. The van der Waals surface area contributed by atoms with E-state index in [0.29, 0.717) is 30.0 Å². The molecule has 1 N–H and O–H groups in total. The van der Waals surface area contributed by atoms with E-state index < -0.39 is 16.1 Å². The largest absolute Gasteiger partial charge is 0.339 e. The van der Waals surface area contributed by atoms with Crippen molar-refractivity contribution in [2.24, 2.45) is 0 Å². The highest BCUT2D eigenvalue weighted by Gasteiger charge is 2.38. The van der Waals surface area contributed by atoms with Gasteiger partial charge < -0.3 is 10.2 Å². The number of anilines is 1. The third-order valence-electron chi connectivity index (χ3n) is 6.45. The maximum Gasteiger partial charge on any atom is 0.257 e. The standard InChI is InChI=1S/C21H31N3O4S2/c1-30(27,28)24-14-8-10-16(24)19(25)22-20-18(21(26)23-12-6-3-7-13-23)15-9-4-2-5-11-17(15)29-20/h16H,2-14H2,1H3,(H,22,25)/t16-/m1/s1. The van der Waals surface area contributed by atoms with Crippen LogP contribution in [0.3, 0.4) is 0 Å². The fourth-order valence-corrected chi connectivity index (χ4v) is 7.31. The molecule has 1 aliphatic carbocycles. The number of nitrogens with one attached hydrogen (secondary N) is 1. The number of amides is 2. The zero-order valence-corrected chi connectivity index (χ0v) is 19.2. The van der Waals surface area contributed by atoms with Gasteiger partial charge in [-0.1, -0.05) is 6.42 Å². The third-order valence-corrected chi connectivity index (χ3v) is 8.94. The van der Waals surface area contributed by atoms with E-state index in [1.165, 1.54) is 20.5 Å². The highest BCUT2D eigenvalue weighted by Crippen LogP contribution is 2.39. The molecule has 0 aromatic carbocycles. The monoisotopic (exact) mass is 453 g/mol. The zero-order chi connectivity index (χ0) is 21.3. The topological polar surface area (TPSA) is 86.8 Å². The van der Waals surface area contributed by atoms with Gasteiger partial charge >= 0.3 is 0 Å². The van der Waals surface area contributed by atoms with Crippen LogP contribution in [0.15, 0.2) is 0 Å². The Bertz CT molecular complexity index is 919. The van der Waals surface area contributed by atoms with Crippen molar-refractivity contribution < 1.29 is 18.0 Å². The SMILES string of the molecule is CS(=O)(=O)N1CCC[C@@H]1C(=O)Nc1sc2c(c1C(=O)N1CCCCC1)CCCCC2. The second kappa shape index (κ2) is 8.96. The van der Waals surface area contributed by atoms with Gasteiger partial charge in [0.05, 0.1) is 11.8 Å². The molecule has 30 heavy (non-hydrogen) atoms. The Hall–Kier alpha value is -1.45. The van der Waals surface area contributed by atoms with E-state index >= 15 is 0 Å². The molecular weight excluding hydrogens is 422 g/mol. The molecule has 1 atom stereocenters. The number of thiophene rings is 1. The van der Waals surface area contributed by atoms with Gasteiger partial charge in [0, 0.05) is 24.5 Å². The highest BCUT2D eigenvalue weighted by molar-refractivity contribution is 7.88. The van der Waals surface area contributed by atoms with Crippen molar-refractivity contribution in [2.75, 3.05) is 31.2 Å². The number of hydrogen-bond donors (Lipinski definition) is 1. The lowest BCUT2D eigenvalue weighted by Gasteiger charge is -2.27. The number of piperidine rings is 1. The van der Waals surface area contributed by atoms with Crippen molar-refractivity contribution in [3.05, 3.63) is 16.0 Å². The van der Waals surface area contributed by atoms with E-state index in [1.54, 1.807) is 0 Å². The van der Waals surface area contributed by atoms with Crippen LogP contribution >= 0.6 is 11.3 Å². The molecule has 3 aliphatic rings. The minimum Gasteiger partial charge on any atom is -0.339 e. The maximum absolute atomic E-state index is 13.5. The zero-order valence-electron chi connectivity index (χ0n) is 17.6. The molecule has 4 rings (SSSR count). The van der Waals surface area contributed by atoms with Gasteiger partial charge in [0.25, 0.3) is 5.91 Å². The summed E-state index contributed by atoms with van der Waals surface area (Å²) in [6.07, 6.45) is 10.7. The molecule has 9 heteroatoms. The molecule has 7 nitrogen and oxygen atoms in total. The number of fused-ring (bicyclic) bond motifs is 1. The Balaban J connectivity index is 1.64. The molecule has 1 aromatic rings. The number of nitrogens with zero attached hydrogens (tertiary/aromatic N) is 2. The van der Waals surface area contributed by atoms with Gasteiger partial charge in [0.15, 0.2) is 0 Å². The molecule has 0 bridgehead atoms. The van der Waals surface area contributed by atoms with Crippen LogP contribution in [0.25, 0.3) is 0 Å². The summed E-state index contributed by atoms with van der Waals surface area (Å²) in [6, 6.07) is -0.695. The van der Waals surface area contributed by atoms with Gasteiger partial charge in [-0.05, 0) is 63.4 Å². The van der Waals surface area contributed by atoms with Crippen LogP contribution in [0.2, 0.25) is 0 Å². The summed E-state index contributed by atoms with van der Waals surface area (Å²) in [5, 5.41) is 3.59. The first-order valence-electron chi connectivity index (χ1n) is 11.1. The second-order valence-corrected chi connectivity index (χ2v) is 11.7. The molecule has 2 saturated heterocycles. The van der Waals surface area contributed by atoms with Crippen LogP contribution in [0.4, 0.5) is 5.00 Å². The van der Waals surface area contributed by atoms with Crippen LogP contribution in [0, 0.1) is 0 Å². The molecule has 0 spiro atoms. The van der Waals surface area contributed by atoms with Crippen LogP contribution in [-0.2, 0) is 27.7 Å². The minimum absolute atomic E-state index is 0.0239.